The molecular formula is H5AlSiTiV. The average molecular weight is 159 g/mol. The average Bonchev–Trinajstić information content (AvgIpc) is 0. The zero-order chi connectivity index (χ0) is 0. The molecule has 0 atom stereocenters. The first-order valence-corrected chi connectivity index (χ1v) is 0. The Bertz CT molecular complexity index is 8.00. The molecule has 0 N–H and O–H groups in total. The van der Waals surface area contributed by atoms with Gasteiger partial charge in [-0.2, -0.15) is 0 Å². The molecule has 0 aromatic rings. The molecule has 21 valence electrons. The molecule has 0 amide bonds. The Balaban J connectivity index is 0. The molecule has 0 aliphatic rings. The molecule has 0 spiro atoms. The summed E-state index contributed by atoms with van der Waals surface area (Å²) in [6, 6.07) is 0. The second-order valence-corrected chi connectivity index (χ2v) is 0. The Morgan fingerprint density at radius 1 is 1.00 bits per heavy atom. The first-order chi connectivity index (χ1) is 0. The summed E-state index contributed by atoms with van der Waals surface area (Å²) in [6.45, 7) is 0. The van der Waals surface area contributed by atoms with E-state index in [4.69, 9.17) is 0 Å². The van der Waals surface area contributed by atoms with Crippen LogP contribution in [0.5, 0.6) is 0 Å². The molecule has 0 nitrogen and oxygen atoms in total. The Morgan fingerprint density at radius 3 is 1.00 bits per heavy atom. The number of hydrogen-bond acceptors (Lipinski definition) is 0. The molecule has 0 aromatic carbocycles. The Kier molecular flexibility index (Phi) is 181. The van der Waals surface area contributed by atoms with E-state index in [0.29, 0.717) is 0 Å². The third-order valence-electron chi connectivity index (χ3n) is 0. The van der Waals surface area contributed by atoms with Crippen LogP contribution in [0.25, 0.3) is 0 Å². The summed E-state index contributed by atoms with van der Waals surface area (Å²) < 4.78 is 0. The molecule has 4 heteroatoms. The molecule has 0 aromatic heterocycles. The van der Waals surface area contributed by atoms with Gasteiger partial charge in [-0.25, -0.2) is 0 Å². The first kappa shape index (κ1) is 36.7. The van der Waals surface area contributed by atoms with Crippen molar-refractivity contribution in [3.05, 3.63) is 0 Å². The van der Waals surface area contributed by atoms with Gasteiger partial charge in [-0.1, -0.05) is 0 Å². The first-order valence-electron chi connectivity index (χ1n) is 0. The van der Waals surface area contributed by atoms with Crippen molar-refractivity contribution in [3.8, 4) is 0 Å². The van der Waals surface area contributed by atoms with Crippen LogP contribution in [0.3, 0.4) is 0 Å². The number of hydrogen-bond donors (Lipinski definition) is 0. The standard InChI is InChI=1S/Al.H3Si.Ti.V.2H/h;1H3;;;;. The molecule has 3 radical (unpaired) electrons. The van der Waals surface area contributed by atoms with E-state index in [2.05, 4.69) is 0 Å². The van der Waals surface area contributed by atoms with Crippen molar-refractivity contribution in [2.24, 2.45) is 0 Å². The van der Waals surface area contributed by atoms with Crippen molar-refractivity contribution in [1.82, 2.24) is 0 Å². The third kappa shape index (κ3) is 8.97. The van der Waals surface area contributed by atoms with Crippen LogP contribution in [0.15, 0.2) is 0 Å². The van der Waals surface area contributed by atoms with Gasteiger partial charge in [0.25, 0.3) is 0 Å². The van der Waals surface area contributed by atoms with Crippen LogP contribution in [0, 0.1) is 0 Å². The largest absolute Gasteiger partial charge is 0.146 e. The van der Waals surface area contributed by atoms with Gasteiger partial charge in [0, 0.05) is 40.3 Å². The zero-order valence-electron chi connectivity index (χ0n) is 2.95. The van der Waals surface area contributed by atoms with Gasteiger partial charge in [-0.15, -0.1) is 0 Å². The van der Waals surface area contributed by atoms with Gasteiger partial charge >= 0.3 is 0 Å². The van der Waals surface area contributed by atoms with Crippen molar-refractivity contribution >= 4 is 28.3 Å². The van der Waals surface area contributed by atoms with Crippen molar-refractivity contribution in [2.75, 3.05) is 0 Å². The van der Waals surface area contributed by atoms with E-state index >= 15 is 0 Å². The summed E-state index contributed by atoms with van der Waals surface area (Å²) in [5, 5.41) is 0. The fraction of sp³-hybridized carbons (Fsp3) is 0. The summed E-state index contributed by atoms with van der Waals surface area (Å²) in [6.07, 6.45) is 0. The second kappa shape index (κ2) is 19.7. The van der Waals surface area contributed by atoms with E-state index in [9.17, 15) is 0 Å². The van der Waals surface area contributed by atoms with Crippen LogP contribution in [0.2, 0.25) is 0 Å². The monoisotopic (exact) mass is 159 g/mol. The second-order valence-electron chi connectivity index (χ2n) is 0. The van der Waals surface area contributed by atoms with Crippen LogP contribution >= 0.6 is 0 Å². The molecule has 0 unspecified atom stereocenters. The van der Waals surface area contributed by atoms with E-state index < -0.39 is 0 Å². The van der Waals surface area contributed by atoms with Gasteiger partial charge in [0.05, 0.1) is 0 Å². The molecular weight excluding hydrogens is 154 g/mol. The predicted molar refractivity (Wildman–Crippen MR) is 18.5 cm³/mol. The Morgan fingerprint density at radius 2 is 1.00 bits per heavy atom. The van der Waals surface area contributed by atoms with Crippen LogP contribution in [0.4, 0.5) is 0 Å². The summed E-state index contributed by atoms with van der Waals surface area (Å²) in [7, 11) is 0. The van der Waals surface area contributed by atoms with E-state index in [1.54, 1.807) is 0 Å². The summed E-state index contributed by atoms with van der Waals surface area (Å²) in [5.74, 6) is 0. The van der Waals surface area contributed by atoms with Crippen molar-refractivity contribution in [1.29, 1.82) is 0 Å². The molecule has 4 heavy (non-hydrogen) atoms. The zero-order valence-corrected chi connectivity index (χ0v) is 9.91. The minimum atomic E-state index is 0. The fourth-order valence-corrected chi connectivity index (χ4v) is 0. The normalized spacial score (nSPS) is 0. The van der Waals surface area contributed by atoms with Gasteiger partial charge < -0.3 is 0 Å². The molecule has 0 aliphatic carbocycles. The third-order valence-corrected chi connectivity index (χ3v) is 0. The summed E-state index contributed by atoms with van der Waals surface area (Å²) in [5.41, 5.74) is 0. The SMILES string of the molecule is [AlH2].[SiH3].[Ti].[V]. The van der Waals surface area contributed by atoms with Gasteiger partial charge in [-0.05, 0) is 11.0 Å². The van der Waals surface area contributed by atoms with Crippen LogP contribution in [-0.4, -0.2) is 28.3 Å². The maximum absolute atomic E-state index is 0. The topological polar surface area (TPSA) is 0 Å². The Hall–Kier alpha value is 2.05. The van der Waals surface area contributed by atoms with Gasteiger partial charge in [0.1, 0.15) is 17.4 Å². The van der Waals surface area contributed by atoms with E-state index in [1.165, 1.54) is 0 Å². The smallest absolute Gasteiger partial charge is 0.0125 e. The molecule has 0 rings (SSSR count). The Labute approximate surface area is 68.0 Å². The molecule has 0 fully saturated rings. The predicted octanol–water partition coefficient (Wildman–Crippen LogP) is -2.11. The summed E-state index contributed by atoms with van der Waals surface area (Å²) in [4.78, 5) is 0. The van der Waals surface area contributed by atoms with Crippen molar-refractivity contribution < 1.29 is 40.3 Å². The summed E-state index contributed by atoms with van der Waals surface area (Å²) >= 11 is 0. The molecule has 0 saturated carbocycles. The maximum Gasteiger partial charge on any atom is 0.146 e. The maximum atomic E-state index is 0. The quantitative estimate of drug-likeness (QED) is 0.355. The fourth-order valence-electron chi connectivity index (χ4n) is 0. The van der Waals surface area contributed by atoms with E-state index in [0.717, 1.165) is 0 Å². The van der Waals surface area contributed by atoms with Crippen LogP contribution in [-0.2, 0) is 40.3 Å². The van der Waals surface area contributed by atoms with E-state index in [1.807, 2.05) is 0 Å². The van der Waals surface area contributed by atoms with Gasteiger partial charge in [0.2, 0.25) is 0 Å². The molecule has 0 saturated heterocycles. The minimum Gasteiger partial charge on any atom is -0.0125 e. The van der Waals surface area contributed by atoms with Crippen LogP contribution in [0.1, 0.15) is 0 Å². The minimum absolute atomic E-state index is 0. The van der Waals surface area contributed by atoms with Gasteiger partial charge in [-0.3, -0.25) is 0 Å². The molecule has 0 heterocycles. The number of rotatable bonds is 0. The van der Waals surface area contributed by atoms with Crippen LogP contribution < -0.4 is 0 Å². The molecule has 0 aliphatic heterocycles. The van der Waals surface area contributed by atoms with Crippen molar-refractivity contribution in [3.63, 3.8) is 0 Å². The van der Waals surface area contributed by atoms with Gasteiger partial charge in [0.15, 0.2) is 0 Å². The van der Waals surface area contributed by atoms with Crippen molar-refractivity contribution in [2.45, 2.75) is 0 Å². The van der Waals surface area contributed by atoms with E-state index in [-0.39, 0.29) is 68.6 Å². The molecule has 0 bridgehead atoms.